The predicted octanol–water partition coefficient (Wildman–Crippen LogP) is 14.5. The molecule has 0 unspecified atom stereocenters. The van der Waals surface area contributed by atoms with E-state index in [0.717, 1.165) is 99.1 Å². The fourth-order valence-electron chi connectivity index (χ4n) is 8.73. The summed E-state index contributed by atoms with van der Waals surface area (Å²) in [5.74, 6) is 0. The van der Waals surface area contributed by atoms with Gasteiger partial charge in [-0.05, 0) is 74.6 Å². The smallest absolute Gasteiger partial charge is 0.144 e. The second-order valence-electron chi connectivity index (χ2n) is 14.2. The van der Waals surface area contributed by atoms with Crippen molar-refractivity contribution in [1.29, 1.82) is 0 Å². The van der Waals surface area contributed by atoms with Gasteiger partial charge in [0.15, 0.2) is 0 Å². The lowest BCUT2D eigenvalue weighted by molar-refractivity contribution is 0.670. The zero-order valence-corrected chi connectivity index (χ0v) is 29.0. The Bertz CT molecular complexity index is 3500. The summed E-state index contributed by atoms with van der Waals surface area (Å²) in [5, 5.41) is 12.6. The third kappa shape index (κ3) is 4.21. The van der Waals surface area contributed by atoms with Gasteiger partial charge in [0, 0.05) is 48.8 Å². The van der Waals surface area contributed by atoms with Crippen molar-refractivity contribution in [3.63, 3.8) is 0 Å². The van der Waals surface area contributed by atoms with Crippen LogP contribution in [0.3, 0.4) is 0 Å². The standard InChI is InChI=1S/C51H29NO2/c1-2-12-31(13-3-1)49-41-25-24-39-38-19-8-9-20-44(38)53-50(39)46(41)40-23-21-33(29-43(40)52-49)32-15-10-16-34(27-32)42-28-35-14-5-7-18-37(35)48-47-36-17-6-4-11-30(36)22-26-45(47)54-51(42)48/h1-29H. The van der Waals surface area contributed by atoms with Crippen LogP contribution >= 0.6 is 0 Å². The molecule has 0 radical (unpaired) electrons. The molecular weight excluding hydrogens is 659 g/mol. The lowest BCUT2D eigenvalue weighted by atomic mass is 9.92. The summed E-state index contributed by atoms with van der Waals surface area (Å²) in [6.45, 7) is 0. The average Bonchev–Trinajstić information content (AvgIpc) is 3.83. The second-order valence-corrected chi connectivity index (χ2v) is 14.2. The van der Waals surface area contributed by atoms with Crippen LogP contribution in [-0.4, -0.2) is 4.98 Å². The lowest BCUT2D eigenvalue weighted by Gasteiger charge is -2.13. The molecule has 3 heteroatoms. The quantitative estimate of drug-likeness (QED) is 0.174. The van der Waals surface area contributed by atoms with Crippen molar-refractivity contribution in [1.82, 2.24) is 4.98 Å². The van der Waals surface area contributed by atoms with Crippen LogP contribution in [0, 0.1) is 0 Å². The van der Waals surface area contributed by atoms with E-state index in [4.69, 9.17) is 13.8 Å². The minimum atomic E-state index is 0.889. The molecular formula is C51H29NO2. The Labute approximate surface area is 309 Å². The number of aromatic nitrogens is 1. The molecule has 0 aliphatic heterocycles. The minimum absolute atomic E-state index is 0.889. The molecule has 0 aliphatic rings. The molecule has 12 aromatic rings. The zero-order chi connectivity index (χ0) is 35.3. The van der Waals surface area contributed by atoms with Crippen LogP contribution in [-0.2, 0) is 0 Å². The maximum atomic E-state index is 6.79. The van der Waals surface area contributed by atoms with Gasteiger partial charge in [0.25, 0.3) is 0 Å². The topological polar surface area (TPSA) is 39.2 Å². The predicted molar refractivity (Wildman–Crippen MR) is 225 cm³/mol. The van der Waals surface area contributed by atoms with Crippen LogP contribution < -0.4 is 0 Å². The number of hydrogen-bond donors (Lipinski definition) is 0. The summed E-state index contributed by atoms with van der Waals surface area (Å²) < 4.78 is 13.4. The largest absolute Gasteiger partial charge is 0.455 e. The highest BCUT2D eigenvalue weighted by molar-refractivity contribution is 6.29. The summed E-state index contributed by atoms with van der Waals surface area (Å²) in [5.41, 5.74) is 10.9. The van der Waals surface area contributed by atoms with E-state index in [-0.39, 0.29) is 0 Å². The molecule has 250 valence electrons. The van der Waals surface area contributed by atoms with E-state index in [1.165, 1.54) is 21.5 Å². The van der Waals surface area contributed by atoms with Gasteiger partial charge in [0.1, 0.15) is 22.3 Å². The third-order valence-electron chi connectivity index (χ3n) is 11.2. The first-order valence-corrected chi connectivity index (χ1v) is 18.4. The van der Waals surface area contributed by atoms with Crippen LogP contribution in [0.4, 0.5) is 0 Å². The van der Waals surface area contributed by atoms with Crippen molar-refractivity contribution >= 4 is 87.1 Å². The highest BCUT2D eigenvalue weighted by Gasteiger charge is 2.20. The third-order valence-corrected chi connectivity index (χ3v) is 11.2. The van der Waals surface area contributed by atoms with E-state index in [9.17, 15) is 0 Å². The number of nitrogens with zero attached hydrogens (tertiary/aromatic N) is 1. The molecule has 12 rings (SSSR count). The lowest BCUT2D eigenvalue weighted by Crippen LogP contribution is -1.91. The fourth-order valence-corrected chi connectivity index (χ4v) is 8.73. The highest BCUT2D eigenvalue weighted by atomic mass is 16.3. The van der Waals surface area contributed by atoms with E-state index < -0.39 is 0 Å². The van der Waals surface area contributed by atoms with Crippen LogP contribution in [0.2, 0.25) is 0 Å². The van der Waals surface area contributed by atoms with E-state index >= 15 is 0 Å². The molecule has 0 saturated carbocycles. The first-order chi connectivity index (χ1) is 26.8. The zero-order valence-electron chi connectivity index (χ0n) is 29.0. The van der Waals surface area contributed by atoms with Crippen LogP contribution in [0.1, 0.15) is 0 Å². The Morgan fingerprint density at radius 2 is 1.00 bits per heavy atom. The molecule has 54 heavy (non-hydrogen) atoms. The van der Waals surface area contributed by atoms with Gasteiger partial charge in [0.05, 0.1) is 11.2 Å². The maximum absolute atomic E-state index is 6.79. The van der Waals surface area contributed by atoms with Crippen molar-refractivity contribution in [3.05, 3.63) is 176 Å². The second kappa shape index (κ2) is 11.1. The number of furan rings is 2. The molecule has 0 saturated heterocycles. The van der Waals surface area contributed by atoms with Crippen molar-refractivity contribution in [2.75, 3.05) is 0 Å². The van der Waals surface area contributed by atoms with Crippen molar-refractivity contribution in [2.24, 2.45) is 0 Å². The first-order valence-electron chi connectivity index (χ1n) is 18.4. The van der Waals surface area contributed by atoms with Crippen molar-refractivity contribution in [2.45, 2.75) is 0 Å². The van der Waals surface area contributed by atoms with E-state index in [2.05, 4.69) is 158 Å². The molecule has 0 N–H and O–H groups in total. The number of benzene rings is 9. The molecule has 0 spiro atoms. The molecule has 0 amide bonds. The summed E-state index contributed by atoms with van der Waals surface area (Å²) >= 11 is 0. The van der Waals surface area contributed by atoms with Crippen LogP contribution in [0.15, 0.2) is 185 Å². The fraction of sp³-hybridized carbons (Fsp3) is 0. The normalized spacial score (nSPS) is 12.1. The van der Waals surface area contributed by atoms with Gasteiger partial charge in [-0.3, -0.25) is 0 Å². The summed E-state index contributed by atoms with van der Waals surface area (Å²) in [7, 11) is 0. The Balaban J connectivity index is 1.09. The molecule has 0 atom stereocenters. The van der Waals surface area contributed by atoms with Gasteiger partial charge in [-0.1, -0.05) is 140 Å². The van der Waals surface area contributed by atoms with Gasteiger partial charge < -0.3 is 8.83 Å². The van der Waals surface area contributed by atoms with Crippen LogP contribution in [0.25, 0.3) is 121 Å². The molecule has 9 aromatic carbocycles. The summed E-state index contributed by atoms with van der Waals surface area (Å²) in [6.07, 6.45) is 0. The number of hydrogen-bond acceptors (Lipinski definition) is 3. The highest BCUT2D eigenvalue weighted by Crippen LogP contribution is 2.45. The molecule has 0 fully saturated rings. The van der Waals surface area contributed by atoms with Gasteiger partial charge in [-0.2, -0.15) is 0 Å². The molecule has 3 heterocycles. The van der Waals surface area contributed by atoms with Gasteiger partial charge in [-0.25, -0.2) is 4.98 Å². The van der Waals surface area contributed by atoms with E-state index in [0.29, 0.717) is 0 Å². The number of pyridine rings is 1. The number of para-hydroxylation sites is 1. The summed E-state index contributed by atoms with van der Waals surface area (Å²) in [4.78, 5) is 5.37. The molecule has 3 aromatic heterocycles. The molecule has 0 aliphatic carbocycles. The van der Waals surface area contributed by atoms with Crippen LogP contribution in [0.5, 0.6) is 0 Å². The SMILES string of the molecule is c1ccc(-c2nc3cc(-c4cccc(-c5cc6ccccc6c6c5oc5ccc7ccccc7c56)c4)ccc3c3c2ccc2c4ccccc4oc23)cc1. The van der Waals surface area contributed by atoms with Gasteiger partial charge in [-0.15, -0.1) is 0 Å². The summed E-state index contributed by atoms with van der Waals surface area (Å²) in [6, 6.07) is 62.4. The number of rotatable bonds is 3. The van der Waals surface area contributed by atoms with E-state index in [1.54, 1.807) is 0 Å². The monoisotopic (exact) mass is 687 g/mol. The van der Waals surface area contributed by atoms with Gasteiger partial charge in [0.2, 0.25) is 0 Å². The Morgan fingerprint density at radius 3 is 1.89 bits per heavy atom. The maximum Gasteiger partial charge on any atom is 0.144 e. The molecule has 0 bridgehead atoms. The van der Waals surface area contributed by atoms with E-state index in [1.807, 2.05) is 18.2 Å². The van der Waals surface area contributed by atoms with Gasteiger partial charge >= 0.3 is 0 Å². The molecule has 3 nitrogen and oxygen atoms in total. The minimum Gasteiger partial charge on any atom is -0.455 e. The van der Waals surface area contributed by atoms with Crippen molar-refractivity contribution < 1.29 is 8.83 Å². The first kappa shape index (κ1) is 29.4. The Morgan fingerprint density at radius 1 is 0.333 bits per heavy atom. The Hall–Kier alpha value is -7.23. The van der Waals surface area contributed by atoms with Crippen molar-refractivity contribution in [3.8, 4) is 33.5 Å². The number of fused-ring (bicyclic) bond motifs is 14. The average molecular weight is 688 g/mol. The Kier molecular flexibility index (Phi) is 6.05.